The van der Waals surface area contributed by atoms with Gasteiger partial charge in [-0.25, -0.2) is 4.39 Å². The van der Waals surface area contributed by atoms with Gasteiger partial charge in [0.1, 0.15) is 11.5 Å². The van der Waals surface area contributed by atoms with Crippen LogP contribution in [0.15, 0.2) is 12.1 Å². The Balaban J connectivity index is 2.46. The first kappa shape index (κ1) is 21.4. The maximum absolute atomic E-state index is 14.4. The van der Waals surface area contributed by atoms with E-state index in [1.165, 1.54) is 0 Å². The topological polar surface area (TPSA) is 92.6 Å². The fourth-order valence-electron chi connectivity index (χ4n) is 2.77. The van der Waals surface area contributed by atoms with Crippen molar-refractivity contribution < 1.29 is 45.2 Å². The van der Waals surface area contributed by atoms with E-state index in [0.29, 0.717) is 6.07 Å². The maximum atomic E-state index is 14.4. The molecule has 1 aromatic carbocycles. The quantitative estimate of drug-likeness (QED) is 0.463. The van der Waals surface area contributed by atoms with Crippen LogP contribution in [0.2, 0.25) is 0 Å². The lowest BCUT2D eigenvalue weighted by Gasteiger charge is -2.26. The molecule has 1 atom stereocenters. The fraction of sp³-hybridized carbons (Fsp3) is 0.429. The van der Waals surface area contributed by atoms with Crippen LogP contribution in [-0.4, -0.2) is 40.5 Å². The fourth-order valence-corrected chi connectivity index (χ4v) is 2.77. The van der Waals surface area contributed by atoms with Crippen LogP contribution in [0.4, 0.5) is 42.1 Å². The molecule has 1 unspecified atom stereocenters. The van der Waals surface area contributed by atoms with E-state index in [-0.39, 0.29) is 30.4 Å². The van der Waals surface area contributed by atoms with Gasteiger partial charge in [0, 0.05) is 24.2 Å². The largest absolute Gasteiger partial charge is 0.471 e. The third-order valence-corrected chi connectivity index (χ3v) is 3.93. The zero-order chi connectivity index (χ0) is 21.4. The number of hydrogen-bond acceptors (Lipinski definition) is 4. The zero-order valence-electron chi connectivity index (χ0n) is 13.5. The van der Waals surface area contributed by atoms with Gasteiger partial charge in [-0.05, 0) is 12.8 Å². The molecule has 28 heavy (non-hydrogen) atoms. The van der Waals surface area contributed by atoms with E-state index < -0.39 is 57.9 Å². The number of nitrogens with zero attached hydrogens (tertiary/aromatic N) is 2. The lowest BCUT2D eigenvalue weighted by Crippen LogP contribution is -2.40. The number of carbonyl (C=O) groups is 2. The molecule has 7 nitrogen and oxygen atoms in total. The molecule has 14 heteroatoms. The molecule has 0 aliphatic carbocycles. The van der Waals surface area contributed by atoms with Crippen LogP contribution in [0.3, 0.4) is 0 Å². The van der Waals surface area contributed by atoms with Crippen molar-refractivity contribution in [1.82, 2.24) is 4.90 Å². The number of nitrogens with one attached hydrogen (secondary N) is 1. The minimum atomic E-state index is -5.41. The predicted octanol–water partition coefficient (Wildman–Crippen LogP) is 3.46. The summed E-state index contributed by atoms with van der Waals surface area (Å²) in [6.45, 7) is -0.386. The lowest BCUT2D eigenvalue weighted by atomic mass is 10.0. The predicted molar refractivity (Wildman–Crippen MR) is 77.5 cm³/mol. The van der Waals surface area contributed by atoms with Gasteiger partial charge < -0.3 is 10.2 Å². The second-order valence-corrected chi connectivity index (χ2v) is 5.75. The van der Waals surface area contributed by atoms with Gasteiger partial charge in [0.15, 0.2) is 0 Å². The van der Waals surface area contributed by atoms with Crippen molar-refractivity contribution in [1.29, 1.82) is 0 Å². The molecule has 1 aromatic rings. The molecule has 1 aliphatic rings. The molecule has 1 aliphatic heterocycles. The van der Waals surface area contributed by atoms with Crippen LogP contribution in [0, 0.1) is 15.9 Å². The van der Waals surface area contributed by atoms with Gasteiger partial charge in [0.25, 0.3) is 5.69 Å². The van der Waals surface area contributed by atoms with E-state index in [9.17, 15) is 50.4 Å². The van der Waals surface area contributed by atoms with E-state index >= 15 is 0 Å². The van der Waals surface area contributed by atoms with Crippen LogP contribution < -0.4 is 5.32 Å². The molecule has 2 rings (SSSR count). The van der Waals surface area contributed by atoms with Crippen LogP contribution in [0.25, 0.3) is 0 Å². The summed E-state index contributed by atoms with van der Waals surface area (Å²) in [5.74, 6) is -6.28. The first-order valence-electron chi connectivity index (χ1n) is 7.47. The Bertz CT molecular complexity index is 822. The van der Waals surface area contributed by atoms with Crippen molar-refractivity contribution in [3.05, 3.63) is 33.6 Å². The number of carbonyl (C=O) groups excluding carboxylic acids is 2. The normalized spacial score (nSPS) is 17.5. The minimum Gasteiger partial charge on any atom is -0.328 e. The van der Waals surface area contributed by atoms with Gasteiger partial charge >= 0.3 is 24.2 Å². The zero-order valence-corrected chi connectivity index (χ0v) is 13.5. The van der Waals surface area contributed by atoms with E-state index in [4.69, 9.17) is 0 Å². The van der Waals surface area contributed by atoms with Crippen molar-refractivity contribution in [2.24, 2.45) is 0 Å². The minimum absolute atomic E-state index is 0.0479. The van der Waals surface area contributed by atoms with Crippen molar-refractivity contribution >= 4 is 23.2 Å². The number of alkyl halides is 6. The molecule has 0 spiro atoms. The third-order valence-electron chi connectivity index (χ3n) is 3.93. The molecule has 2 amide bonds. The highest BCUT2D eigenvalue weighted by molar-refractivity contribution is 5.96. The van der Waals surface area contributed by atoms with E-state index in [2.05, 4.69) is 0 Å². The third kappa shape index (κ3) is 4.31. The molecule has 0 saturated carbocycles. The molecular formula is C14H10F7N3O4. The number of nitro groups is 1. The molecular weight excluding hydrogens is 407 g/mol. The Morgan fingerprint density at radius 2 is 1.75 bits per heavy atom. The first-order valence-corrected chi connectivity index (χ1v) is 7.47. The molecule has 1 N–H and O–H groups in total. The number of rotatable bonds is 3. The van der Waals surface area contributed by atoms with Crippen LogP contribution in [-0.2, 0) is 9.59 Å². The monoisotopic (exact) mass is 417 g/mol. The number of amides is 2. The van der Waals surface area contributed by atoms with Gasteiger partial charge in [0.2, 0.25) is 0 Å². The van der Waals surface area contributed by atoms with Crippen LogP contribution in [0.5, 0.6) is 0 Å². The Morgan fingerprint density at radius 1 is 1.14 bits per heavy atom. The smallest absolute Gasteiger partial charge is 0.328 e. The summed E-state index contributed by atoms with van der Waals surface area (Å²) in [6, 6.07) is -0.889. The van der Waals surface area contributed by atoms with Gasteiger partial charge in [-0.15, -0.1) is 0 Å². The molecule has 1 fully saturated rings. The summed E-state index contributed by atoms with van der Waals surface area (Å²) in [5.41, 5.74) is -2.97. The summed E-state index contributed by atoms with van der Waals surface area (Å²) in [5, 5.41) is 12.2. The average Bonchev–Trinajstić information content (AvgIpc) is 3.01. The second-order valence-electron chi connectivity index (χ2n) is 5.75. The molecule has 0 radical (unpaired) electrons. The summed E-state index contributed by atoms with van der Waals surface area (Å²) in [4.78, 5) is 32.6. The Hall–Kier alpha value is -2.93. The van der Waals surface area contributed by atoms with Gasteiger partial charge in [-0.2, -0.15) is 26.3 Å². The Labute approximate surface area is 151 Å². The average molecular weight is 417 g/mol. The highest BCUT2D eigenvalue weighted by atomic mass is 19.4. The summed E-state index contributed by atoms with van der Waals surface area (Å²) < 4.78 is 89.3. The van der Waals surface area contributed by atoms with Crippen LogP contribution >= 0.6 is 0 Å². The number of nitro benzene ring substituents is 1. The summed E-state index contributed by atoms with van der Waals surface area (Å²) in [7, 11) is 0. The van der Waals surface area contributed by atoms with E-state index in [1.807, 2.05) is 0 Å². The molecule has 1 saturated heterocycles. The summed E-state index contributed by atoms with van der Waals surface area (Å²) >= 11 is 0. The lowest BCUT2D eigenvalue weighted by molar-refractivity contribution is -0.384. The Kier molecular flexibility index (Phi) is 5.52. The van der Waals surface area contributed by atoms with Crippen LogP contribution in [0.1, 0.15) is 24.4 Å². The number of benzene rings is 1. The number of likely N-dealkylation sites (tertiary alicyclic amines) is 1. The molecule has 0 aromatic heterocycles. The number of hydrogen-bond donors (Lipinski definition) is 1. The van der Waals surface area contributed by atoms with E-state index in [0.717, 1.165) is 5.32 Å². The SMILES string of the molecule is O=C(Nc1cc(F)c(C2CCCN2C(=O)C(F)(F)F)cc1[N+](=O)[O-])C(F)(F)F. The number of halogens is 7. The van der Waals surface area contributed by atoms with Gasteiger partial charge in [0.05, 0.1) is 11.0 Å². The first-order chi connectivity index (χ1) is 12.7. The van der Waals surface area contributed by atoms with Crippen molar-refractivity contribution in [2.75, 3.05) is 11.9 Å². The second kappa shape index (κ2) is 7.24. The number of anilines is 1. The van der Waals surface area contributed by atoms with Gasteiger partial charge in [-0.3, -0.25) is 19.7 Å². The molecule has 1 heterocycles. The van der Waals surface area contributed by atoms with Crippen molar-refractivity contribution in [3.63, 3.8) is 0 Å². The van der Waals surface area contributed by atoms with Gasteiger partial charge in [-0.1, -0.05) is 0 Å². The standard InChI is InChI=1S/C14H10F7N3O4/c15-7-5-8(22-11(25)13(16,17)18)10(24(27)28)4-6(7)9-2-1-3-23(9)12(26)14(19,20)21/h4-5,9H,1-3H2,(H,22,25). The van der Waals surface area contributed by atoms with Crippen molar-refractivity contribution in [3.8, 4) is 0 Å². The summed E-state index contributed by atoms with van der Waals surface area (Å²) in [6.07, 6.45) is -10.8. The molecule has 154 valence electrons. The van der Waals surface area contributed by atoms with Crippen molar-refractivity contribution in [2.45, 2.75) is 31.2 Å². The highest BCUT2D eigenvalue weighted by Gasteiger charge is 2.47. The maximum Gasteiger partial charge on any atom is 0.471 e. The highest BCUT2D eigenvalue weighted by Crippen LogP contribution is 2.40. The molecule has 0 bridgehead atoms. The van der Waals surface area contributed by atoms with E-state index in [1.54, 1.807) is 0 Å². The Morgan fingerprint density at radius 3 is 2.25 bits per heavy atom.